The summed E-state index contributed by atoms with van der Waals surface area (Å²) in [5.74, 6) is -0.297. The number of rotatable bonds is 2. The minimum absolute atomic E-state index is 0.297. The fourth-order valence-corrected chi connectivity index (χ4v) is 1.10. The van der Waals surface area contributed by atoms with E-state index in [0.717, 1.165) is 9.78 Å². The van der Waals surface area contributed by atoms with Crippen molar-refractivity contribution in [3.05, 3.63) is 33.4 Å². The van der Waals surface area contributed by atoms with Crippen LogP contribution in [-0.2, 0) is 0 Å². The minimum Gasteiger partial charge on any atom is -0.411 e. The van der Waals surface area contributed by atoms with Crippen LogP contribution in [0.2, 0.25) is 0 Å². The van der Waals surface area contributed by atoms with Gasteiger partial charge in [0.05, 0.1) is 0 Å². The summed E-state index contributed by atoms with van der Waals surface area (Å²) in [7, 11) is 0. The molecular formula is C8H6INO2. The Morgan fingerprint density at radius 1 is 1.42 bits per heavy atom. The van der Waals surface area contributed by atoms with Crippen LogP contribution in [0.1, 0.15) is 10.4 Å². The fourth-order valence-electron chi connectivity index (χ4n) is 0.741. The summed E-state index contributed by atoms with van der Waals surface area (Å²) in [6.07, 6.45) is 0.877. The highest BCUT2D eigenvalue weighted by Crippen LogP contribution is 2.06. The maximum absolute atomic E-state index is 11.0. The van der Waals surface area contributed by atoms with E-state index >= 15 is 0 Å². The lowest BCUT2D eigenvalue weighted by Gasteiger charge is -1.93. The molecule has 0 aliphatic heterocycles. The highest BCUT2D eigenvalue weighted by atomic mass is 127. The maximum Gasteiger partial charge on any atom is 0.207 e. The number of carbonyl (C=O) groups is 1. The largest absolute Gasteiger partial charge is 0.411 e. The maximum atomic E-state index is 11.0. The summed E-state index contributed by atoms with van der Waals surface area (Å²) in [5, 5.41) is 10.8. The molecule has 0 radical (unpaired) electrons. The second-order valence-corrected chi connectivity index (χ2v) is 3.36. The number of halogens is 1. The van der Waals surface area contributed by atoms with Crippen molar-refractivity contribution in [2.45, 2.75) is 0 Å². The Kier molecular flexibility index (Phi) is 3.21. The van der Waals surface area contributed by atoms with Crippen molar-refractivity contribution in [3.8, 4) is 0 Å². The topological polar surface area (TPSA) is 49.7 Å². The van der Waals surface area contributed by atoms with Gasteiger partial charge in [0, 0.05) is 9.13 Å². The minimum atomic E-state index is -0.297. The first kappa shape index (κ1) is 9.18. The number of hydrogen-bond acceptors (Lipinski definition) is 3. The Morgan fingerprint density at radius 3 is 2.50 bits per heavy atom. The smallest absolute Gasteiger partial charge is 0.207 e. The molecule has 0 unspecified atom stereocenters. The molecule has 1 rings (SSSR count). The Bertz CT molecular complexity index is 305. The van der Waals surface area contributed by atoms with Crippen LogP contribution in [0.3, 0.4) is 0 Å². The summed E-state index contributed by atoms with van der Waals surface area (Å²) >= 11 is 2.15. The van der Waals surface area contributed by atoms with E-state index in [2.05, 4.69) is 27.7 Å². The molecule has 0 bridgehead atoms. The lowest BCUT2D eigenvalue weighted by atomic mass is 10.1. The second-order valence-electron chi connectivity index (χ2n) is 2.12. The van der Waals surface area contributed by atoms with Gasteiger partial charge in [-0.3, -0.25) is 4.79 Å². The van der Waals surface area contributed by atoms with E-state index in [1.807, 2.05) is 12.1 Å². The molecule has 62 valence electrons. The van der Waals surface area contributed by atoms with Crippen molar-refractivity contribution in [1.29, 1.82) is 0 Å². The Balaban J connectivity index is 2.90. The highest BCUT2D eigenvalue weighted by Gasteiger charge is 2.00. The van der Waals surface area contributed by atoms with Crippen LogP contribution in [0.15, 0.2) is 29.4 Å². The molecule has 0 saturated heterocycles. The number of hydrogen-bond donors (Lipinski definition) is 1. The second kappa shape index (κ2) is 4.20. The van der Waals surface area contributed by atoms with E-state index in [9.17, 15) is 4.79 Å². The number of benzene rings is 1. The van der Waals surface area contributed by atoms with Crippen LogP contribution in [0.4, 0.5) is 0 Å². The number of oxime groups is 1. The van der Waals surface area contributed by atoms with Crippen LogP contribution in [0, 0.1) is 3.57 Å². The predicted octanol–water partition coefficient (Wildman–Crippen LogP) is 1.93. The van der Waals surface area contributed by atoms with E-state index in [-0.39, 0.29) is 5.78 Å². The van der Waals surface area contributed by atoms with Gasteiger partial charge in [0.2, 0.25) is 5.78 Å². The van der Waals surface area contributed by atoms with Gasteiger partial charge in [0.15, 0.2) is 0 Å². The van der Waals surface area contributed by atoms with Gasteiger partial charge in [-0.1, -0.05) is 5.16 Å². The van der Waals surface area contributed by atoms with Crippen molar-refractivity contribution in [1.82, 2.24) is 0 Å². The summed E-state index contributed by atoms with van der Waals surface area (Å²) in [4.78, 5) is 11.0. The van der Waals surface area contributed by atoms with Crippen LogP contribution in [0.25, 0.3) is 0 Å². The third kappa shape index (κ3) is 2.30. The number of ketones is 1. The summed E-state index contributed by atoms with van der Waals surface area (Å²) in [6.45, 7) is 0. The lowest BCUT2D eigenvalue weighted by molar-refractivity contribution is 0.106. The molecule has 0 saturated carbocycles. The lowest BCUT2D eigenvalue weighted by Crippen LogP contribution is -1.99. The summed E-state index contributed by atoms with van der Waals surface area (Å²) in [5.41, 5.74) is 0.521. The first-order valence-electron chi connectivity index (χ1n) is 3.21. The van der Waals surface area contributed by atoms with E-state index in [1.165, 1.54) is 0 Å². The molecule has 12 heavy (non-hydrogen) atoms. The average molecular weight is 275 g/mol. The van der Waals surface area contributed by atoms with Crippen molar-refractivity contribution in [3.63, 3.8) is 0 Å². The molecule has 0 aromatic heterocycles. The molecule has 1 aromatic carbocycles. The van der Waals surface area contributed by atoms with Crippen molar-refractivity contribution in [2.75, 3.05) is 0 Å². The Hall–Kier alpha value is -0.910. The average Bonchev–Trinajstić information content (AvgIpc) is 2.06. The van der Waals surface area contributed by atoms with Crippen molar-refractivity contribution < 1.29 is 10.0 Å². The molecule has 0 fully saturated rings. The molecule has 0 aliphatic rings. The Morgan fingerprint density at radius 2 is 2.00 bits per heavy atom. The zero-order valence-corrected chi connectivity index (χ0v) is 8.22. The first-order valence-corrected chi connectivity index (χ1v) is 4.29. The van der Waals surface area contributed by atoms with Gasteiger partial charge in [-0.25, -0.2) is 0 Å². The molecule has 0 aliphatic carbocycles. The molecule has 3 nitrogen and oxygen atoms in total. The normalized spacial score (nSPS) is 10.4. The van der Waals surface area contributed by atoms with Gasteiger partial charge >= 0.3 is 0 Å². The van der Waals surface area contributed by atoms with Crippen LogP contribution >= 0.6 is 22.6 Å². The van der Waals surface area contributed by atoms with Crippen LogP contribution < -0.4 is 0 Å². The van der Waals surface area contributed by atoms with Gasteiger partial charge in [-0.05, 0) is 46.9 Å². The summed E-state index contributed by atoms with van der Waals surface area (Å²) in [6, 6.07) is 7.01. The van der Waals surface area contributed by atoms with Crippen LogP contribution in [-0.4, -0.2) is 17.2 Å². The van der Waals surface area contributed by atoms with Gasteiger partial charge in [0.25, 0.3) is 0 Å². The molecule has 1 aromatic rings. The number of nitrogens with zero attached hydrogens (tertiary/aromatic N) is 1. The van der Waals surface area contributed by atoms with E-state index in [4.69, 9.17) is 5.21 Å². The fraction of sp³-hybridized carbons (Fsp3) is 0. The van der Waals surface area contributed by atoms with E-state index in [1.54, 1.807) is 12.1 Å². The third-order valence-electron chi connectivity index (χ3n) is 1.30. The van der Waals surface area contributed by atoms with Gasteiger partial charge < -0.3 is 5.21 Å². The number of carbonyl (C=O) groups excluding carboxylic acids is 1. The molecule has 0 spiro atoms. The third-order valence-corrected chi connectivity index (χ3v) is 2.02. The standard InChI is InChI=1S/C8H6INO2/c9-7-3-1-6(2-4-7)8(11)5-10-12/h1-5,12H. The van der Waals surface area contributed by atoms with Gasteiger partial charge in [-0.2, -0.15) is 0 Å². The molecule has 1 N–H and O–H groups in total. The SMILES string of the molecule is O=C(C=NO)c1ccc(I)cc1. The van der Waals surface area contributed by atoms with E-state index in [0.29, 0.717) is 5.56 Å². The van der Waals surface area contributed by atoms with E-state index < -0.39 is 0 Å². The highest BCUT2D eigenvalue weighted by molar-refractivity contribution is 14.1. The molecule has 0 atom stereocenters. The molecule has 0 heterocycles. The molecular weight excluding hydrogens is 269 g/mol. The Labute approximate surface area is 83.2 Å². The predicted molar refractivity (Wildman–Crippen MR) is 53.8 cm³/mol. The van der Waals surface area contributed by atoms with Crippen molar-refractivity contribution in [2.24, 2.45) is 5.16 Å². The quantitative estimate of drug-likeness (QED) is 0.295. The van der Waals surface area contributed by atoms with Gasteiger partial charge in [0.1, 0.15) is 6.21 Å². The molecule has 0 amide bonds. The summed E-state index contributed by atoms with van der Waals surface area (Å²) < 4.78 is 1.06. The van der Waals surface area contributed by atoms with Crippen molar-refractivity contribution >= 4 is 34.6 Å². The monoisotopic (exact) mass is 275 g/mol. The number of Topliss-reactive ketones (excluding diaryl/α,β-unsaturated/α-hetero) is 1. The molecule has 4 heteroatoms. The zero-order valence-electron chi connectivity index (χ0n) is 6.07. The van der Waals surface area contributed by atoms with Gasteiger partial charge in [-0.15, -0.1) is 0 Å². The van der Waals surface area contributed by atoms with Crippen LogP contribution in [0.5, 0.6) is 0 Å². The zero-order chi connectivity index (χ0) is 8.97. The first-order chi connectivity index (χ1) is 5.74.